The number of aromatic nitrogens is 1. The molecule has 0 saturated carbocycles. The van der Waals surface area contributed by atoms with E-state index >= 15 is 0 Å². The highest BCUT2D eigenvalue weighted by Crippen LogP contribution is 2.18. The molecule has 1 aromatic heterocycles. The molecule has 26 heavy (non-hydrogen) atoms. The van der Waals surface area contributed by atoms with E-state index in [0.717, 1.165) is 16.5 Å². The molecule has 0 radical (unpaired) electrons. The molecule has 0 bridgehead atoms. The van der Waals surface area contributed by atoms with E-state index in [1.807, 2.05) is 24.3 Å². The first-order chi connectivity index (χ1) is 12.5. The van der Waals surface area contributed by atoms with Gasteiger partial charge in [0, 0.05) is 28.4 Å². The molecule has 3 rings (SSSR count). The minimum absolute atomic E-state index is 0.0805. The Morgan fingerprint density at radius 1 is 1.08 bits per heavy atom. The zero-order chi connectivity index (χ0) is 18.5. The Balaban J connectivity index is 1.53. The predicted octanol–water partition coefficient (Wildman–Crippen LogP) is 3.09. The van der Waals surface area contributed by atoms with Crippen molar-refractivity contribution in [3.8, 4) is 0 Å². The number of nitrogens with one attached hydrogen (secondary N) is 2. The van der Waals surface area contributed by atoms with Crippen molar-refractivity contribution in [2.75, 3.05) is 11.9 Å². The lowest BCUT2D eigenvalue weighted by Crippen LogP contribution is -2.21. The maximum atomic E-state index is 12.0. The van der Waals surface area contributed by atoms with Crippen molar-refractivity contribution in [2.24, 2.45) is 0 Å². The van der Waals surface area contributed by atoms with Gasteiger partial charge in [0.05, 0.1) is 6.42 Å². The standard InChI is InChI=1S/C20H18N2O4/c1-13(23)14-5-4-6-16(9-14)22-19(24)12-26-20(25)10-15-11-21-18-8-3-2-7-17(15)18/h2-9,11,21H,10,12H2,1H3,(H,22,24). The quantitative estimate of drug-likeness (QED) is 0.528. The summed E-state index contributed by atoms with van der Waals surface area (Å²) >= 11 is 0. The Morgan fingerprint density at radius 2 is 1.88 bits per heavy atom. The van der Waals surface area contributed by atoms with Gasteiger partial charge in [-0.1, -0.05) is 30.3 Å². The van der Waals surface area contributed by atoms with Gasteiger partial charge in [-0.3, -0.25) is 14.4 Å². The molecule has 0 fully saturated rings. The number of ketones is 1. The summed E-state index contributed by atoms with van der Waals surface area (Å²) in [4.78, 5) is 38.4. The second-order valence-electron chi connectivity index (χ2n) is 5.88. The van der Waals surface area contributed by atoms with Crippen molar-refractivity contribution < 1.29 is 19.1 Å². The van der Waals surface area contributed by atoms with Gasteiger partial charge in [0.1, 0.15) is 0 Å². The highest BCUT2D eigenvalue weighted by Gasteiger charge is 2.12. The molecule has 0 unspecified atom stereocenters. The predicted molar refractivity (Wildman–Crippen MR) is 98.0 cm³/mol. The van der Waals surface area contributed by atoms with E-state index in [-0.39, 0.29) is 18.8 Å². The molecular formula is C20H18N2O4. The summed E-state index contributed by atoms with van der Waals surface area (Å²) in [5, 5.41) is 3.56. The fourth-order valence-corrected chi connectivity index (χ4v) is 2.64. The monoisotopic (exact) mass is 350 g/mol. The molecule has 0 atom stereocenters. The number of carbonyl (C=O) groups excluding carboxylic acids is 3. The van der Waals surface area contributed by atoms with Crippen LogP contribution in [0, 0.1) is 0 Å². The van der Waals surface area contributed by atoms with Gasteiger partial charge in [-0.2, -0.15) is 0 Å². The van der Waals surface area contributed by atoms with Gasteiger partial charge in [-0.15, -0.1) is 0 Å². The molecule has 2 aromatic carbocycles. The van der Waals surface area contributed by atoms with Crippen LogP contribution in [-0.4, -0.2) is 29.3 Å². The minimum atomic E-state index is -0.484. The van der Waals surface area contributed by atoms with Gasteiger partial charge in [0.25, 0.3) is 5.91 Å². The Morgan fingerprint density at radius 3 is 2.69 bits per heavy atom. The molecule has 132 valence electrons. The highest BCUT2D eigenvalue weighted by atomic mass is 16.5. The molecule has 0 aliphatic heterocycles. The van der Waals surface area contributed by atoms with Gasteiger partial charge in [-0.25, -0.2) is 0 Å². The maximum Gasteiger partial charge on any atom is 0.310 e. The number of ether oxygens (including phenoxy) is 1. The van der Waals surface area contributed by atoms with E-state index in [2.05, 4.69) is 10.3 Å². The fraction of sp³-hybridized carbons (Fsp3) is 0.150. The molecule has 1 heterocycles. The van der Waals surface area contributed by atoms with Gasteiger partial charge in [-0.05, 0) is 30.7 Å². The number of rotatable bonds is 6. The molecule has 0 spiro atoms. The van der Waals surface area contributed by atoms with E-state index in [4.69, 9.17) is 4.74 Å². The normalized spacial score (nSPS) is 10.5. The number of fused-ring (bicyclic) bond motifs is 1. The molecule has 3 aromatic rings. The van der Waals surface area contributed by atoms with Gasteiger partial charge in [0.2, 0.25) is 0 Å². The van der Waals surface area contributed by atoms with Crippen molar-refractivity contribution >= 4 is 34.3 Å². The number of hydrogen-bond acceptors (Lipinski definition) is 4. The van der Waals surface area contributed by atoms with Crippen LogP contribution in [-0.2, 0) is 20.7 Å². The van der Waals surface area contributed by atoms with Crippen LogP contribution in [0.25, 0.3) is 10.9 Å². The van der Waals surface area contributed by atoms with Crippen LogP contribution in [0.5, 0.6) is 0 Å². The zero-order valence-corrected chi connectivity index (χ0v) is 14.2. The summed E-state index contributed by atoms with van der Waals surface area (Å²) in [5.74, 6) is -1.04. The number of carbonyl (C=O) groups is 3. The zero-order valence-electron chi connectivity index (χ0n) is 14.2. The SMILES string of the molecule is CC(=O)c1cccc(NC(=O)COC(=O)Cc2c[nH]c3ccccc23)c1. The molecule has 6 heteroatoms. The first-order valence-electron chi connectivity index (χ1n) is 8.14. The average Bonchev–Trinajstić information content (AvgIpc) is 3.03. The smallest absolute Gasteiger partial charge is 0.310 e. The third kappa shape index (κ3) is 4.16. The lowest BCUT2D eigenvalue weighted by molar-refractivity contribution is -0.146. The van der Waals surface area contributed by atoms with Crippen LogP contribution >= 0.6 is 0 Å². The number of H-pyrrole nitrogens is 1. The summed E-state index contributed by atoms with van der Waals surface area (Å²) in [6.07, 6.45) is 1.84. The average molecular weight is 350 g/mol. The van der Waals surface area contributed by atoms with Crippen molar-refractivity contribution in [3.05, 3.63) is 65.9 Å². The summed E-state index contributed by atoms with van der Waals surface area (Å²) in [5.41, 5.74) is 2.74. The minimum Gasteiger partial charge on any atom is -0.455 e. The van der Waals surface area contributed by atoms with Crippen molar-refractivity contribution in [3.63, 3.8) is 0 Å². The van der Waals surface area contributed by atoms with Crippen molar-refractivity contribution in [1.29, 1.82) is 0 Å². The summed E-state index contributed by atoms with van der Waals surface area (Å²) < 4.78 is 5.04. The van der Waals surface area contributed by atoms with E-state index < -0.39 is 11.9 Å². The van der Waals surface area contributed by atoms with Crippen LogP contribution in [0.2, 0.25) is 0 Å². The first-order valence-corrected chi connectivity index (χ1v) is 8.14. The van der Waals surface area contributed by atoms with Gasteiger partial charge < -0.3 is 15.0 Å². The summed E-state index contributed by atoms with van der Waals surface area (Å²) in [7, 11) is 0. The lowest BCUT2D eigenvalue weighted by Gasteiger charge is -2.07. The topological polar surface area (TPSA) is 88.3 Å². The number of amides is 1. The molecular weight excluding hydrogens is 332 g/mol. The van der Waals surface area contributed by atoms with Crippen LogP contribution < -0.4 is 5.32 Å². The van der Waals surface area contributed by atoms with E-state index in [9.17, 15) is 14.4 Å². The number of hydrogen-bond donors (Lipinski definition) is 2. The van der Waals surface area contributed by atoms with Crippen LogP contribution in [0.15, 0.2) is 54.7 Å². The molecule has 0 aliphatic carbocycles. The number of benzene rings is 2. The van der Waals surface area contributed by atoms with Crippen LogP contribution in [0.1, 0.15) is 22.8 Å². The van der Waals surface area contributed by atoms with Crippen LogP contribution in [0.3, 0.4) is 0 Å². The second kappa shape index (κ2) is 7.65. The molecule has 0 saturated heterocycles. The number of esters is 1. The van der Waals surface area contributed by atoms with E-state index in [0.29, 0.717) is 11.3 Å². The third-order valence-electron chi connectivity index (χ3n) is 3.93. The molecule has 0 aliphatic rings. The maximum absolute atomic E-state index is 12.0. The summed E-state index contributed by atoms with van der Waals surface area (Å²) in [6, 6.07) is 14.2. The molecule has 1 amide bonds. The number of para-hydroxylation sites is 1. The van der Waals surface area contributed by atoms with E-state index in [1.54, 1.807) is 30.5 Å². The first kappa shape index (κ1) is 17.4. The molecule has 6 nitrogen and oxygen atoms in total. The third-order valence-corrected chi connectivity index (χ3v) is 3.93. The largest absolute Gasteiger partial charge is 0.455 e. The van der Waals surface area contributed by atoms with Crippen molar-refractivity contribution in [2.45, 2.75) is 13.3 Å². The van der Waals surface area contributed by atoms with Crippen LogP contribution in [0.4, 0.5) is 5.69 Å². The van der Waals surface area contributed by atoms with Gasteiger partial charge in [0.15, 0.2) is 12.4 Å². The lowest BCUT2D eigenvalue weighted by atomic mass is 10.1. The second-order valence-corrected chi connectivity index (χ2v) is 5.88. The Hall–Kier alpha value is -3.41. The number of aromatic amines is 1. The Bertz CT molecular complexity index is 975. The summed E-state index contributed by atoms with van der Waals surface area (Å²) in [6.45, 7) is 1.07. The van der Waals surface area contributed by atoms with Gasteiger partial charge >= 0.3 is 5.97 Å². The van der Waals surface area contributed by atoms with E-state index in [1.165, 1.54) is 6.92 Å². The Labute approximate surface area is 150 Å². The Kier molecular flexibility index (Phi) is 5.12. The molecule has 2 N–H and O–H groups in total. The number of anilines is 1. The van der Waals surface area contributed by atoms with Crippen molar-refractivity contribution in [1.82, 2.24) is 4.98 Å². The number of Topliss-reactive ketones (excluding diaryl/α,β-unsaturated/α-hetero) is 1. The fourth-order valence-electron chi connectivity index (χ4n) is 2.64. The highest BCUT2D eigenvalue weighted by molar-refractivity contribution is 5.97.